The summed E-state index contributed by atoms with van der Waals surface area (Å²) in [6.45, 7) is 5.89. The van der Waals surface area contributed by atoms with Gasteiger partial charge >= 0.3 is 5.69 Å². The monoisotopic (exact) mass is 292 g/mol. The topological polar surface area (TPSA) is 54.9 Å². The number of hydrogen-bond acceptors (Lipinski definition) is 2. The van der Waals surface area contributed by atoms with Crippen molar-refractivity contribution in [1.29, 1.82) is 0 Å². The van der Waals surface area contributed by atoms with Crippen molar-refractivity contribution in [2.75, 3.05) is 0 Å². The Balaban J connectivity index is 2.73. The van der Waals surface area contributed by atoms with E-state index < -0.39 is 5.69 Å². The Kier molecular flexibility index (Phi) is 4.14. The lowest BCUT2D eigenvalue weighted by Gasteiger charge is -2.10. The van der Waals surface area contributed by atoms with Gasteiger partial charge in [-0.2, -0.15) is 0 Å². The number of rotatable bonds is 3. The van der Waals surface area contributed by atoms with Gasteiger partial charge in [0.25, 0.3) is 5.56 Å². The van der Waals surface area contributed by atoms with Crippen molar-refractivity contribution in [3.8, 4) is 5.69 Å². The van der Waals surface area contributed by atoms with E-state index in [0.717, 1.165) is 22.1 Å². The van der Waals surface area contributed by atoms with Crippen LogP contribution in [0.1, 0.15) is 30.0 Å². The van der Waals surface area contributed by atoms with Gasteiger partial charge in [0.1, 0.15) is 5.15 Å². The molecule has 0 bridgehead atoms. The minimum absolute atomic E-state index is 0.141. The molecule has 0 fully saturated rings. The van der Waals surface area contributed by atoms with Crippen LogP contribution in [0.15, 0.2) is 27.8 Å². The van der Waals surface area contributed by atoms with E-state index >= 15 is 0 Å². The zero-order chi connectivity index (χ0) is 14.9. The normalized spacial score (nSPS) is 10.8. The van der Waals surface area contributed by atoms with Crippen LogP contribution in [0.5, 0.6) is 0 Å². The summed E-state index contributed by atoms with van der Waals surface area (Å²) in [7, 11) is 0. The summed E-state index contributed by atoms with van der Waals surface area (Å²) in [6.07, 6.45) is 1.33. The summed E-state index contributed by atoms with van der Waals surface area (Å²) in [5.41, 5.74) is 2.30. The minimum Gasteiger partial charge on any atom is -0.297 e. The quantitative estimate of drug-likeness (QED) is 0.885. The number of H-pyrrole nitrogens is 1. The molecule has 0 atom stereocenters. The van der Waals surface area contributed by atoms with Gasteiger partial charge < -0.3 is 0 Å². The van der Waals surface area contributed by atoms with Crippen LogP contribution in [0.3, 0.4) is 0 Å². The van der Waals surface area contributed by atoms with Crippen molar-refractivity contribution in [1.82, 2.24) is 9.55 Å². The van der Waals surface area contributed by atoms with Crippen molar-refractivity contribution >= 4 is 11.6 Å². The van der Waals surface area contributed by atoms with Crippen LogP contribution in [-0.2, 0) is 6.42 Å². The molecule has 2 aromatic rings. The predicted molar refractivity (Wildman–Crippen MR) is 81.1 cm³/mol. The van der Waals surface area contributed by atoms with Gasteiger partial charge in [-0.25, -0.2) is 9.36 Å². The summed E-state index contributed by atoms with van der Waals surface area (Å²) in [5, 5.41) is 0.141. The second-order valence-corrected chi connectivity index (χ2v) is 5.26. The van der Waals surface area contributed by atoms with E-state index in [1.165, 1.54) is 0 Å². The van der Waals surface area contributed by atoms with E-state index in [4.69, 9.17) is 11.6 Å². The lowest BCUT2D eigenvalue weighted by atomic mass is 10.1. The average molecular weight is 293 g/mol. The maximum absolute atomic E-state index is 12.5. The summed E-state index contributed by atoms with van der Waals surface area (Å²) in [5.74, 6) is 0. The Morgan fingerprint density at radius 2 is 1.90 bits per heavy atom. The summed E-state index contributed by atoms with van der Waals surface area (Å²) < 4.78 is 1.14. The van der Waals surface area contributed by atoms with Crippen molar-refractivity contribution < 1.29 is 0 Å². The van der Waals surface area contributed by atoms with Gasteiger partial charge in [0, 0.05) is 0 Å². The second-order valence-electron chi connectivity index (χ2n) is 4.88. The molecule has 1 aromatic carbocycles. The van der Waals surface area contributed by atoms with Crippen LogP contribution in [0.25, 0.3) is 5.69 Å². The number of benzene rings is 1. The van der Waals surface area contributed by atoms with E-state index in [9.17, 15) is 9.59 Å². The van der Waals surface area contributed by atoms with E-state index in [-0.39, 0.29) is 10.7 Å². The standard InChI is InChI=1S/C15H17ClN2O2/c1-4-5-12-13(16)17-15(20)18(14(12)19)11-7-6-9(2)10(3)8-11/h6-8H,4-5H2,1-3H3,(H,17,20). The third-order valence-electron chi connectivity index (χ3n) is 3.39. The highest BCUT2D eigenvalue weighted by atomic mass is 35.5. The first-order chi connectivity index (χ1) is 9.45. The van der Waals surface area contributed by atoms with Crippen LogP contribution in [-0.4, -0.2) is 9.55 Å². The van der Waals surface area contributed by atoms with Crippen LogP contribution in [0.4, 0.5) is 0 Å². The minimum atomic E-state index is -0.511. The number of nitrogens with zero attached hydrogens (tertiary/aromatic N) is 1. The molecule has 2 rings (SSSR count). The van der Waals surface area contributed by atoms with Crippen LogP contribution in [0, 0.1) is 13.8 Å². The van der Waals surface area contributed by atoms with E-state index in [1.54, 1.807) is 6.07 Å². The number of aryl methyl sites for hydroxylation is 2. The molecule has 0 amide bonds. The van der Waals surface area contributed by atoms with Gasteiger partial charge in [0.05, 0.1) is 11.3 Å². The number of aromatic amines is 1. The van der Waals surface area contributed by atoms with Crippen LogP contribution in [0.2, 0.25) is 5.15 Å². The van der Waals surface area contributed by atoms with Gasteiger partial charge in [-0.1, -0.05) is 31.0 Å². The number of hydrogen-bond donors (Lipinski definition) is 1. The van der Waals surface area contributed by atoms with Gasteiger partial charge in [0.2, 0.25) is 0 Å². The molecule has 4 nitrogen and oxygen atoms in total. The van der Waals surface area contributed by atoms with Crippen LogP contribution >= 0.6 is 11.6 Å². The highest BCUT2D eigenvalue weighted by Gasteiger charge is 2.13. The number of nitrogens with one attached hydrogen (secondary N) is 1. The van der Waals surface area contributed by atoms with Crippen molar-refractivity contribution in [3.05, 3.63) is 60.9 Å². The Bertz CT molecular complexity index is 759. The first-order valence-corrected chi connectivity index (χ1v) is 6.94. The van der Waals surface area contributed by atoms with Crippen molar-refractivity contribution in [2.24, 2.45) is 0 Å². The van der Waals surface area contributed by atoms with E-state index in [2.05, 4.69) is 4.98 Å². The lowest BCUT2D eigenvalue weighted by molar-refractivity contribution is 0.811. The second kappa shape index (κ2) is 5.67. The molecule has 1 aromatic heterocycles. The summed E-state index contributed by atoms with van der Waals surface area (Å²) in [4.78, 5) is 27.0. The van der Waals surface area contributed by atoms with Gasteiger partial charge in [-0.05, 0) is 43.5 Å². The maximum Gasteiger partial charge on any atom is 0.334 e. The highest BCUT2D eigenvalue weighted by molar-refractivity contribution is 6.30. The fourth-order valence-electron chi connectivity index (χ4n) is 2.11. The van der Waals surface area contributed by atoms with Gasteiger partial charge in [0.15, 0.2) is 0 Å². The molecular weight excluding hydrogens is 276 g/mol. The van der Waals surface area contributed by atoms with Gasteiger partial charge in [-0.3, -0.25) is 9.78 Å². The zero-order valence-corrected chi connectivity index (χ0v) is 12.5. The van der Waals surface area contributed by atoms with Crippen molar-refractivity contribution in [3.63, 3.8) is 0 Å². The Morgan fingerprint density at radius 3 is 2.50 bits per heavy atom. The molecule has 1 N–H and O–H groups in total. The molecule has 0 aliphatic carbocycles. The Hall–Kier alpha value is -1.81. The molecule has 0 aliphatic heterocycles. The Morgan fingerprint density at radius 1 is 1.20 bits per heavy atom. The summed E-state index contributed by atoms with van der Waals surface area (Å²) in [6, 6.07) is 5.49. The van der Waals surface area contributed by atoms with E-state index in [0.29, 0.717) is 17.7 Å². The molecule has 0 saturated carbocycles. The molecule has 1 heterocycles. The molecule has 106 valence electrons. The first kappa shape index (κ1) is 14.6. The molecule has 0 unspecified atom stereocenters. The molecule has 0 aliphatic rings. The molecule has 5 heteroatoms. The number of aromatic nitrogens is 2. The molecule has 0 radical (unpaired) electrons. The lowest BCUT2D eigenvalue weighted by Crippen LogP contribution is -2.36. The fourth-order valence-corrected chi connectivity index (χ4v) is 2.37. The number of halogens is 1. The summed E-state index contributed by atoms with van der Waals surface area (Å²) >= 11 is 5.96. The Labute approximate surface area is 122 Å². The smallest absolute Gasteiger partial charge is 0.297 e. The maximum atomic E-state index is 12.5. The third kappa shape index (κ3) is 2.56. The SMILES string of the molecule is CCCc1c(Cl)[nH]c(=O)n(-c2ccc(C)c(C)c2)c1=O. The zero-order valence-electron chi connectivity index (χ0n) is 11.8. The highest BCUT2D eigenvalue weighted by Crippen LogP contribution is 2.13. The largest absolute Gasteiger partial charge is 0.334 e. The van der Waals surface area contributed by atoms with Gasteiger partial charge in [-0.15, -0.1) is 0 Å². The molecular formula is C15H17ClN2O2. The average Bonchev–Trinajstić information content (AvgIpc) is 2.38. The van der Waals surface area contributed by atoms with E-state index in [1.807, 2.05) is 32.9 Å². The molecule has 20 heavy (non-hydrogen) atoms. The fraction of sp³-hybridized carbons (Fsp3) is 0.333. The van der Waals surface area contributed by atoms with Crippen molar-refractivity contribution in [2.45, 2.75) is 33.6 Å². The molecule has 0 saturated heterocycles. The van der Waals surface area contributed by atoms with Crippen LogP contribution < -0.4 is 11.2 Å². The third-order valence-corrected chi connectivity index (χ3v) is 3.72. The predicted octanol–water partition coefficient (Wildman–Crippen LogP) is 2.75. The molecule has 0 spiro atoms. The first-order valence-electron chi connectivity index (χ1n) is 6.57.